The van der Waals surface area contributed by atoms with Gasteiger partial charge in [-0.05, 0) is 24.3 Å². The van der Waals surface area contributed by atoms with Crippen LogP contribution in [-0.2, 0) is 9.59 Å². The number of ether oxygens (including phenoxy) is 2. The van der Waals surface area contributed by atoms with Gasteiger partial charge in [0.15, 0.2) is 17.3 Å². The Morgan fingerprint density at radius 1 is 1.23 bits per heavy atom. The number of carbonyl (C=O) groups excluding carboxylic acids is 2. The van der Waals surface area contributed by atoms with Crippen LogP contribution in [0.3, 0.4) is 0 Å². The number of rotatable bonds is 5. The summed E-state index contributed by atoms with van der Waals surface area (Å²) in [6, 6.07) is 5.67. The highest BCUT2D eigenvalue weighted by atomic mass is 16.5. The first-order valence-electron chi connectivity index (χ1n) is 9.22. The van der Waals surface area contributed by atoms with Crippen LogP contribution in [0, 0.1) is 5.41 Å². The van der Waals surface area contributed by atoms with E-state index in [1.807, 2.05) is 25.1 Å². The zero-order valence-electron chi connectivity index (χ0n) is 16.0. The lowest BCUT2D eigenvalue weighted by molar-refractivity contribution is -0.122. The molecule has 0 unspecified atom stereocenters. The molecule has 0 fully saturated rings. The van der Waals surface area contributed by atoms with Crippen molar-refractivity contribution in [1.29, 1.82) is 0 Å². The number of amides is 1. The minimum Gasteiger partial charge on any atom is -0.493 e. The summed E-state index contributed by atoms with van der Waals surface area (Å²) in [5.41, 5.74) is 2.23. The second kappa shape index (κ2) is 7.14. The molecule has 1 amide bonds. The minimum absolute atomic E-state index is 0.0523. The fraction of sp³-hybridized carbons (Fsp3) is 0.524. The SMILES string of the molecule is CCCOc1c(OC)cccc1[C@@H]1CC(=O)NC2=C1C(=O)CC(C)(C)C2. The minimum atomic E-state index is -0.288. The molecule has 0 spiro atoms. The van der Waals surface area contributed by atoms with Crippen molar-refractivity contribution in [3.8, 4) is 11.5 Å². The molecule has 5 heteroatoms. The number of hydrogen-bond donors (Lipinski definition) is 1. The van der Waals surface area contributed by atoms with E-state index < -0.39 is 0 Å². The molecule has 1 aromatic rings. The molecule has 26 heavy (non-hydrogen) atoms. The van der Waals surface area contributed by atoms with Gasteiger partial charge in [0.1, 0.15) is 0 Å². The standard InChI is InChI=1S/C21H27NO4/c1-5-9-26-20-13(7-6-8-17(20)25-4)14-10-18(24)22-15-11-21(2,3)12-16(23)19(14)15/h6-8,14H,5,9-12H2,1-4H3,(H,22,24)/t14-/m0/s1. The van der Waals surface area contributed by atoms with Crippen molar-refractivity contribution in [2.24, 2.45) is 5.41 Å². The van der Waals surface area contributed by atoms with E-state index in [4.69, 9.17) is 9.47 Å². The van der Waals surface area contributed by atoms with E-state index in [0.29, 0.717) is 30.9 Å². The summed E-state index contributed by atoms with van der Waals surface area (Å²) in [6.45, 7) is 6.72. The van der Waals surface area contributed by atoms with Crippen LogP contribution >= 0.6 is 0 Å². The van der Waals surface area contributed by atoms with Crippen molar-refractivity contribution in [3.63, 3.8) is 0 Å². The van der Waals surface area contributed by atoms with Crippen LogP contribution in [0.15, 0.2) is 29.5 Å². The normalized spacial score (nSPS) is 21.9. The Bertz CT molecular complexity index is 763. The lowest BCUT2D eigenvalue weighted by atomic mass is 9.70. The highest BCUT2D eigenvalue weighted by molar-refractivity contribution is 6.02. The first-order valence-corrected chi connectivity index (χ1v) is 9.22. The molecular formula is C21H27NO4. The maximum atomic E-state index is 12.9. The summed E-state index contributed by atoms with van der Waals surface area (Å²) in [6.07, 6.45) is 2.31. The molecule has 1 atom stereocenters. The summed E-state index contributed by atoms with van der Waals surface area (Å²) in [5.74, 6) is 1.05. The van der Waals surface area contributed by atoms with E-state index in [1.165, 1.54) is 0 Å². The maximum Gasteiger partial charge on any atom is 0.225 e. The van der Waals surface area contributed by atoms with Gasteiger partial charge in [0.2, 0.25) is 5.91 Å². The van der Waals surface area contributed by atoms with Crippen molar-refractivity contribution in [2.45, 2.75) is 52.4 Å². The molecule has 0 aromatic heterocycles. The highest BCUT2D eigenvalue weighted by Crippen LogP contribution is 2.47. The number of para-hydroxylation sites is 1. The summed E-state index contributed by atoms with van der Waals surface area (Å²) in [7, 11) is 1.60. The van der Waals surface area contributed by atoms with Crippen molar-refractivity contribution < 1.29 is 19.1 Å². The second-order valence-corrected chi connectivity index (χ2v) is 7.87. The molecule has 1 aliphatic carbocycles. The molecule has 0 saturated heterocycles. The van der Waals surface area contributed by atoms with Crippen LogP contribution in [0.25, 0.3) is 0 Å². The molecule has 1 aromatic carbocycles. The summed E-state index contributed by atoms with van der Waals surface area (Å²) < 4.78 is 11.4. The van der Waals surface area contributed by atoms with Crippen molar-refractivity contribution in [3.05, 3.63) is 35.0 Å². The summed E-state index contributed by atoms with van der Waals surface area (Å²) in [5, 5.41) is 2.94. The molecule has 0 bridgehead atoms. The summed E-state index contributed by atoms with van der Waals surface area (Å²) >= 11 is 0. The maximum absolute atomic E-state index is 12.9. The lowest BCUT2D eigenvalue weighted by Crippen LogP contribution is -2.40. The molecule has 1 heterocycles. The topological polar surface area (TPSA) is 64.6 Å². The van der Waals surface area contributed by atoms with E-state index in [1.54, 1.807) is 7.11 Å². The highest BCUT2D eigenvalue weighted by Gasteiger charge is 2.41. The fourth-order valence-corrected chi connectivity index (χ4v) is 3.95. The van der Waals surface area contributed by atoms with E-state index in [9.17, 15) is 9.59 Å². The molecule has 0 radical (unpaired) electrons. The van der Waals surface area contributed by atoms with Gasteiger partial charge in [0, 0.05) is 35.6 Å². The zero-order chi connectivity index (χ0) is 18.9. The van der Waals surface area contributed by atoms with Crippen molar-refractivity contribution in [2.75, 3.05) is 13.7 Å². The average molecular weight is 357 g/mol. The molecule has 5 nitrogen and oxygen atoms in total. The van der Waals surface area contributed by atoms with Crippen molar-refractivity contribution >= 4 is 11.7 Å². The number of nitrogens with one attached hydrogen (secondary N) is 1. The van der Waals surface area contributed by atoms with Crippen LogP contribution in [-0.4, -0.2) is 25.4 Å². The Morgan fingerprint density at radius 3 is 2.69 bits per heavy atom. The van der Waals surface area contributed by atoms with E-state index in [-0.39, 0.29) is 29.4 Å². The third-order valence-corrected chi connectivity index (χ3v) is 5.00. The predicted octanol–water partition coefficient (Wildman–Crippen LogP) is 3.73. The molecule has 3 rings (SSSR count). The summed E-state index contributed by atoms with van der Waals surface area (Å²) in [4.78, 5) is 25.3. The molecule has 2 aliphatic rings. The number of carbonyl (C=O) groups is 2. The average Bonchev–Trinajstić information content (AvgIpc) is 2.57. The molecular weight excluding hydrogens is 330 g/mol. The zero-order valence-corrected chi connectivity index (χ0v) is 16.0. The first-order chi connectivity index (χ1) is 12.4. The Balaban J connectivity index is 2.11. The van der Waals surface area contributed by atoms with Crippen LogP contribution in [0.5, 0.6) is 11.5 Å². The first kappa shape index (κ1) is 18.5. The van der Waals surface area contributed by atoms with E-state index in [0.717, 1.165) is 23.3 Å². The van der Waals surface area contributed by atoms with Crippen LogP contribution < -0.4 is 14.8 Å². The molecule has 1 aliphatic heterocycles. The Hall–Kier alpha value is -2.30. The van der Waals surface area contributed by atoms with Gasteiger partial charge in [0.05, 0.1) is 13.7 Å². The van der Waals surface area contributed by atoms with Crippen LogP contribution in [0.4, 0.5) is 0 Å². The lowest BCUT2D eigenvalue weighted by Gasteiger charge is -2.38. The largest absolute Gasteiger partial charge is 0.493 e. The van der Waals surface area contributed by atoms with E-state index in [2.05, 4.69) is 19.2 Å². The molecule has 0 saturated carbocycles. The molecule has 1 N–H and O–H groups in total. The van der Waals surface area contributed by atoms with Gasteiger partial charge in [-0.15, -0.1) is 0 Å². The third kappa shape index (κ3) is 3.48. The number of methoxy groups -OCH3 is 1. The van der Waals surface area contributed by atoms with Gasteiger partial charge >= 0.3 is 0 Å². The quantitative estimate of drug-likeness (QED) is 0.872. The smallest absolute Gasteiger partial charge is 0.225 e. The number of benzene rings is 1. The van der Waals surface area contributed by atoms with Gasteiger partial charge in [-0.2, -0.15) is 0 Å². The van der Waals surface area contributed by atoms with Gasteiger partial charge in [0.25, 0.3) is 0 Å². The van der Waals surface area contributed by atoms with Gasteiger partial charge in [-0.1, -0.05) is 32.9 Å². The number of Topliss-reactive ketones (excluding diaryl/α,β-unsaturated/α-hetero) is 1. The number of allylic oxidation sites excluding steroid dienone is 2. The number of hydrogen-bond acceptors (Lipinski definition) is 4. The van der Waals surface area contributed by atoms with Gasteiger partial charge < -0.3 is 14.8 Å². The molecule has 140 valence electrons. The fourth-order valence-electron chi connectivity index (χ4n) is 3.95. The van der Waals surface area contributed by atoms with Crippen LogP contribution in [0.1, 0.15) is 57.9 Å². The predicted molar refractivity (Wildman–Crippen MR) is 99.3 cm³/mol. The third-order valence-electron chi connectivity index (χ3n) is 5.00. The Labute approximate surface area is 154 Å². The Kier molecular flexibility index (Phi) is 5.08. The van der Waals surface area contributed by atoms with Crippen LogP contribution in [0.2, 0.25) is 0 Å². The Morgan fingerprint density at radius 2 is 2.00 bits per heavy atom. The second-order valence-electron chi connectivity index (χ2n) is 7.87. The van der Waals surface area contributed by atoms with Gasteiger partial charge in [-0.25, -0.2) is 0 Å². The van der Waals surface area contributed by atoms with Gasteiger partial charge in [-0.3, -0.25) is 9.59 Å². The number of ketones is 1. The van der Waals surface area contributed by atoms with Crippen molar-refractivity contribution in [1.82, 2.24) is 5.32 Å². The monoisotopic (exact) mass is 357 g/mol. The van der Waals surface area contributed by atoms with E-state index >= 15 is 0 Å².